The van der Waals surface area contributed by atoms with Crippen LogP contribution in [0.5, 0.6) is 0 Å². The number of rotatable bonds is 2. The number of terminal acetylenes is 1. The van der Waals surface area contributed by atoms with Gasteiger partial charge >= 0.3 is 6.16 Å². The van der Waals surface area contributed by atoms with Crippen molar-refractivity contribution in [2.75, 3.05) is 6.61 Å². The first-order valence-electron chi connectivity index (χ1n) is 1.73. The van der Waals surface area contributed by atoms with Gasteiger partial charge in [0.25, 0.3) is 0 Å². The molecule has 0 fully saturated rings. The van der Waals surface area contributed by atoms with Gasteiger partial charge in [0.1, 0.15) is 0 Å². The quantitative estimate of drug-likeness (QED) is 0.243. The van der Waals surface area contributed by atoms with E-state index < -0.39 is 6.16 Å². The molecule has 4 nitrogen and oxygen atoms in total. The number of hydrogen-bond donors (Lipinski definition) is 1. The van der Waals surface area contributed by atoms with Gasteiger partial charge in [-0.1, -0.05) is 5.92 Å². The molecule has 0 aliphatic rings. The molecule has 8 heavy (non-hydrogen) atoms. The van der Waals surface area contributed by atoms with E-state index in [4.69, 9.17) is 5.11 Å². The summed E-state index contributed by atoms with van der Waals surface area (Å²) in [6.07, 6.45) is 3.17. The van der Waals surface area contributed by atoms with E-state index in [-0.39, 0.29) is 6.61 Å². The summed E-state index contributed by atoms with van der Waals surface area (Å²) in [6.45, 7) is -0.160. The van der Waals surface area contributed by atoms with E-state index >= 15 is 0 Å². The molecule has 0 rings (SSSR count). The van der Waals surface area contributed by atoms with E-state index in [0.29, 0.717) is 0 Å². The fraction of sp³-hybridized carbons (Fsp3) is 0.250. The molecule has 0 aromatic rings. The van der Waals surface area contributed by atoms with Crippen molar-refractivity contribution in [3.8, 4) is 12.3 Å². The predicted octanol–water partition coefficient (Wildman–Crippen LogP) is 0.246. The first-order valence-corrected chi connectivity index (χ1v) is 1.73. The lowest BCUT2D eigenvalue weighted by molar-refractivity contribution is -0.240. The number of hydrogen-bond acceptors (Lipinski definition) is 3. The average molecular weight is 116 g/mol. The third kappa shape index (κ3) is 4.79. The molecule has 0 radical (unpaired) electrons. The van der Waals surface area contributed by atoms with Crippen LogP contribution in [0, 0.1) is 12.3 Å². The molecular weight excluding hydrogens is 112 g/mol. The minimum atomic E-state index is -1.50. The van der Waals surface area contributed by atoms with Gasteiger partial charge in [-0.2, -0.15) is 4.89 Å². The molecule has 0 saturated heterocycles. The Balaban J connectivity index is 2.97. The minimum absolute atomic E-state index is 0.160. The second-order valence-electron chi connectivity index (χ2n) is 0.816. The molecule has 44 valence electrons. The van der Waals surface area contributed by atoms with Crippen molar-refractivity contribution in [1.29, 1.82) is 0 Å². The Kier molecular flexibility index (Phi) is 3.36. The molecule has 0 aliphatic heterocycles. The highest BCUT2D eigenvalue weighted by Crippen LogP contribution is 1.75. The summed E-state index contributed by atoms with van der Waals surface area (Å²) in [5.74, 6) is 2.01. The number of carbonyl (C=O) groups is 1. The molecule has 0 unspecified atom stereocenters. The number of carboxylic acid groups (broad SMARTS) is 1. The van der Waals surface area contributed by atoms with Gasteiger partial charge in [-0.05, 0) is 0 Å². The molecule has 0 amide bonds. The maximum Gasteiger partial charge on any atom is 0.537 e. The Hall–Kier alpha value is -1.21. The fourth-order valence-corrected chi connectivity index (χ4v) is 0.114. The molecule has 0 aromatic carbocycles. The van der Waals surface area contributed by atoms with Crippen molar-refractivity contribution < 1.29 is 19.7 Å². The van der Waals surface area contributed by atoms with Crippen LogP contribution < -0.4 is 0 Å². The van der Waals surface area contributed by atoms with Crippen LogP contribution in [0.2, 0.25) is 0 Å². The normalized spacial score (nSPS) is 7.38. The second-order valence-corrected chi connectivity index (χ2v) is 0.816. The molecule has 0 aliphatic carbocycles. The lowest BCUT2D eigenvalue weighted by Crippen LogP contribution is -2.00. The van der Waals surface area contributed by atoms with Crippen LogP contribution >= 0.6 is 0 Å². The first-order chi connectivity index (χ1) is 3.77. The summed E-state index contributed by atoms with van der Waals surface area (Å²) in [4.78, 5) is 16.9. The van der Waals surface area contributed by atoms with Crippen LogP contribution in [-0.2, 0) is 9.78 Å². The predicted molar refractivity (Wildman–Crippen MR) is 23.9 cm³/mol. The highest BCUT2D eigenvalue weighted by Gasteiger charge is 1.92. The van der Waals surface area contributed by atoms with Crippen molar-refractivity contribution in [2.24, 2.45) is 0 Å². The zero-order chi connectivity index (χ0) is 6.41. The summed E-state index contributed by atoms with van der Waals surface area (Å²) < 4.78 is 0. The first kappa shape index (κ1) is 6.79. The van der Waals surface area contributed by atoms with Crippen molar-refractivity contribution in [3.05, 3.63) is 0 Å². The average Bonchev–Trinajstić information content (AvgIpc) is 1.66. The fourth-order valence-electron chi connectivity index (χ4n) is 0.114. The van der Waals surface area contributed by atoms with Crippen LogP contribution in [0.15, 0.2) is 0 Å². The van der Waals surface area contributed by atoms with Gasteiger partial charge in [0.15, 0.2) is 6.61 Å². The van der Waals surface area contributed by atoms with Gasteiger partial charge in [-0.3, -0.25) is 4.89 Å². The monoisotopic (exact) mass is 116 g/mol. The van der Waals surface area contributed by atoms with Gasteiger partial charge in [0.2, 0.25) is 0 Å². The largest absolute Gasteiger partial charge is 0.537 e. The third-order valence-electron chi connectivity index (χ3n) is 0.272. The van der Waals surface area contributed by atoms with Crippen molar-refractivity contribution in [2.45, 2.75) is 0 Å². The van der Waals surface area contributed by atoms with Gasteiger partial charge in [0, 0.05) is 0 Å². The van der Waals surface area contributed by atoms with E-state index in [1.165, 1.54) is 0 Å². The summed E-state index contributed by atoms with van der Waals surface area (Å²) in [5.41, 5.74) is 0. The van der Waals surface area contributed by atoms with E-state index in [0.717, 1.165) is 0 Å². The Morgan fingerprint density at radius 2 is 2.50 bits per heavy atom. The highest BCUT2D eigenvalue weighted by atomic mass is 17.2. The minimum Gasteiger partial charge on any atom is -0.448 e. The second kappa shape index (κ2) is 3.96. The van der Waals surface area contributed by atoms with Crippen molar-refractivity contribution in [1.82, 2.24) is 0 Å². The SMILES string of the molecule is C#CCOOC(=O)O. The van der Waals surface area contributed by atoms with Crippen LogP contribution in [0.25, 0.3) is 0 Å². The van der Waals surface area contributed by atoms with Gasteiger partial charge in [0.05, 0.1) is 0 Å². The summed E-state index contributed by atoms with van der Waals surface area (Å²) in [5, 5.41) is 7.72. The molecule has 0 spiro atoms. The lowest BCUT2D eigenvalue weighted by atomic mass is 10.8. The molecule has 0 atom stereocenters. The van der Waals surface area contributed by atoms with Crippen molar-refractivity contribution in [3.63, 3.8) is 0 Å². The molecule has 0 heterocycles. The molecule has 0 aromatic heterocycles. The molecule has 0 bridgehead atoms. The van der Waals surface area contributed by atoms with Gasteiger partial charge in [-0.15, -0.1) is 6.42 Å². The van der Waals surface area contributed by atoms with Crippen LogP contribution in [0.4, 0.5) is 4.79 Å². The molecule has 1 N–H and O–H groups in total. The van der Waals surface area contributed by atoms with Crippen LogP contribution in [0.1, 0.15) is 0 Å². The van der Waals surface area contributed by atoms with E-state index in [1.807, 2.05) is 5.92 Å². The van der Waals surface area contributed by atoms with E-state index in [1.54, 1.807) is 0 Å². The standard InChI is InChI=1S/C4H4O4/c1-2-3-7-8-4(5)6/h1H,3H2,(H,5,6). The smallest absolute Gasteiger partial charge is 0.448 e. The zero-order valence-electron chi connectivity index (χ0n) is 3.96. The zero-order valence-corrected chi connectivity index (χ0v) is 3.96. The topological polar surface area (TPSA) is 55.8 Å². The molecule has 4 heteroatoms. The molecule has 0 saturated carbocycles. The lowest BCUT2D eigenvalue weighted by Gasteiger charge is -1.90. The van der Waals surface area contributed by atoms with Gasteiger partial charge in [-0.25, -0.2) is 4.79 Å². The maximum atomic E-state index is 9.46. The maximum absolute atomic E-state index is 9.46. The Morgan fingerprint density at radius 3 is 2.88 bits per heavy atom. The van der Waals surface area contributed by atoms with E-state index in [9.17, 15) is 4.79 Å². The van der Waals surface area contributed by atoms with Crippen molar-refractivity contribution >= 4 is 6.16 Å². The van der Waals surface area contributed by atoms with Gasteiger partial charge < -0.3 is 5.11 Å². The summed E-state index contributed by atoms with van der Waals surface area (Å²) >= 11 is 0. The Bertz CT molecular complexity index is 112. The Labute approximate surface area is 45.9 Å². The van der Waals surface area contributed by atoms with E-state index in [2.05, 4.69) is 16.2 Å². The van der Waals surface area contributed by atoms with Crippen LogP contribution in [0.3, 0.4) is 0 Å². The summed E-state index contributed by atoms with van der Waals surface area (Å²) in [7, 11) is 0. The van der Waals surface area contributed by atoms with Crippen LogP contribution in [-0.4, -0.2) is 17.9 Å². The third-order valence-corrected chi connectivity index (χ3v) is 0.272. The molecular formula is C4H4O4. The summed E-state index contributed by atoms with van der Waals surface area (Å²) in [6, 6.07) is 0. The highest BCUT2D eigenvalue weighted by molar-refractivity contribution is 5.55. The Morgan fingerprint density at radius 1 is 1.88 bits per heavy atom.